The molecule has 0 spiro atoms. The lowest BCUT2D eigenvalue weighted by atomic mass is 10.1. The summed E-state index contributed by atoms with van der Waals surface area (Å²) in [6.07, 6.45) is 5.81. The number of anilines is 1. The summed E-state index contributed by atoms with van der Waals surface area (Å²) >= 11 is 6.45. The Morgan fingerprint density at radius 1 is 1.15 bits per heavy atom. The Morgan fingerprint density at radius 3 is 2.64 bits per heavy atom. The maximum absolute atomic E-state index is 11.0. The maximum Gasteiger partial charge on any atom is 0.209 e. The van der Waals surface area contributed by atoms with Crippen LogP contribution in [0.3, 0.4) is 0 Å². The molecule has 0 N–H and O–H groups in total. The highest BCUT2D eigenvalue weighted by molar-refractivity contribution is 6.32. The summed E-state index contributed by atoms with van der Waals surface area (Å²) in [4.78, 5) is 22.1. The number of pyridine rings is 1. The van der Waals surface area contributed by atoms with E-state index >= 15 is 0 Å². The minimum atomic E-state index is 0.513. The number of nitrogens with zero attached hydrogens (tertiary/aromatic N) is 5. The zero-order valence-corrected chi connectivity index (χ0v) is 20.1. The van der Waals surface area contributed by atoms with Crippen LogP contribution in [0.1, 0.15) is 6.42 Å². The average molecular weight is 472 g/mol. The minimum Gasteiger partial charge on any atom is -0.495 e. The number of carbonyl (C=O) groups is 1. The summed E-state index contributed by atoms with van der Waals surface area (Å²) < 4.78 is 13.5. The normalized spacial score (nSPS) is 14.2. The van der Waals surface area contributed by atoms with Crippen LogP contribution >= 0.6 is 11.6 Å². The van der Waals surface area contributed by atoms with E-state index in [9.17, 15) is 4.79 Å². The second-order valence-corrected chi connectivity index (χ2v) is 8.80. The van der Waals surface area contributed by atoms with Crippen molar-refractivity contribution < 1.29 is 14.3 Å². The number of imidazole rings is 1. The van der Waals surface area contributed by atoms with Crippen molar-refractivity contribution in [1.29, 1.82) is 0 Å². The van der Waals surface area contributed by atoms with Crippen molar-refractivity contribution in [3.63, 3.8) is 0 Å². The van der Waals surface area contributed by atoms with E-state index in [0.717, 1.165) is 68.1 Å². The second-order valence-electron chi connectivity index (χ2n) is 8.39. The van der Waals surface area contributed by atoms with Crippen LogP contribution in [0.4, 0.5) is 5.69 Å². The second kappa shape index (κ2) is 10.3. The molecule has 1 aromatic carbocycles. The number of methoxy groups -OCH3 is 1. The first-order chi connectivity index (χ1) is 16.0. The number of piperazine rings is 1. The van der Waals surface area contributed by atoms with Gasteiger partial charge in [-0.05, 0) is 32.6 Å². The van der Waals surface area contributed by atoms with Crippen molar-refractivity contribution in [3.8, 4) is 22.8 Å². The summed E-state index contributed by atoms with van der Waals surface area (Å²) in [5.74, 6) is 1.27. The van der Waals surface area contributed by atoms with E-state index in [1.165, 1.54) is 0 Å². The predicted molar refractivity (Wildman–Crippen MR) is 131 cm³/mol. The van der Waals surface area contributed by atoms with Gasteiger partial charge in [0.1, 0.15) is 17.1 Å². The summed E-state index contributed by atoms with van der Waals surface area (Å²) in [6.45, 7) is 4.60. The molecule has 1 aliphatic heterocycles. The topological polar surface area (TPSA) is 62.6 Å². The number of aromatic nitrogens is 2. The Balaban J connectivity index is 1.60. The first-order valence-corrected chi connectivity index (χ1v) is 11.4. The standard InChI is InChI=1S/C24H30ClN5O3/c1-27(2)6-4-12-33-22-15-23(32-3)20(25)14-19(22)21-16-30-7-5-18(13-24(30)26-21)29-10-8-28(17-31)9-11-29/h5,7,13-17H,4,6,8-12H2,1-3H3. The lowest BCUT2D eigenvalue weighted by Crippen LogP contribution is -2.45. The van der Waals surface area contributed by atoms with Gasteiger partial charge in [0.15, 0.2) is 0 Å². The Morgan fingerprint density at radius 2 is 1.94 bits per heavy atom. The third kappa shape index (κ3) is 5.34. The molecule has 1 fully saturated rings. The number of benzene rings is 1. The van der Waals surface area contributed by atoms with Gasteiger partial charge in [0, 0.05) is 68.5 Å². The van der Waals surface area contributed by atoms with Crippen molar-refractivity contribution in [2.75, 3.05) is 65.4 Å². The Bertz CT molecular complexity index is 1110. The number of rotatable bonds is 9. The summed E-state index contributed by atoms with van der Waals surface area (Å²) in [6, 6.07) is 7.83. The van der Waals surface area contributed by atoms with E-state index in [2.05, 4.69) is 21.9 Å². The van der Waals surface area contributed by atoms with Gasteiger partial charge in [0.05, 0.1) is 24.4 Å². The summed E-state index contributed by atoms with van der Waals surface area (Å²) in [5.41, 5.74) is 3.55. The van der Waals surface area contributed by atoms with Crippen LogP contribution < -0.4 is 14.4 Å². The Kier molecular flexibility index (Phi) is 7.25. The molecule has 4 rings (SSSR count). The SMILES string of the molecule is COc1cc(OCCCN(C)C)c(-c2cn3ccc(N4CCN(C=O)CC4)cc3n2)cc1Cl. The van der Waals surface area contributed by atoms with Crippen LogP contribution in [0.5, 0.6) is 11.5 Å². The highest BCUT2D eigenvalue weighted by Gasteiger charge is 2.18. The number of amides is 1. The van der Waals surface area contributed by atoms with Gasteiger partial charge in [-0.1, -0.05) is 11.6 Å². The molecule has 3 aromatic rings. The lowest BCUT2D eigenvalue weighted by Gasteiger charge is -2.34. The van der Waals surface area contributed by atoms with E-state index in [-0.39, 0.29) is 0 Å². The fourth-order valence-corrected chi connectivity index (χ4v) is 4.20. The van der Waals surface area contributed by atoms with Gasteiger partial charge in [0.25, 0.3) is 0 Å². The van der Waals surface area contributed by atoms with Crippen LogP contribution in [-0.2, 0) is 4.79 Å². The molecule has 0 radical (unpaired) electrons. The molecule has 0 atom stereocenters. The smallest absolute Gasteiger partial charge is 0.209 e. The van der Waals surface area contributed by atoms with E-state index in [4.69, 9.17) is 26.1 Å². The molecule has 9 heteroatoms. The van der Waals surface area contributed by atoms with Crippen molar-refractivity contribution in [1.82, 2.24) is 19.2 Å². The first kappa shape index (κ1) is 23.2. The molecule has 3 heterocycles. The Hall–Kier alpha value is -2.97. The molecule has 1 amide bonds. The molecule has 2 aromatic heterocycles. The zero-order valence-electron chi connectivity index (χ0n) is 19.3. The molecule has 33 heavy (non-hydrogen) atoms. The summed E-state index contributed by atoms with van der Waals surface area (Å²) in [7, 11) is 5.69. The first-order valence-electron chi connectivity index (χ1n) is 11.1. The third-order valence-corrected chi connectivity index (χ3v) is 6.10. The van der Waals surface area contributed by atoms with Crippen molar-refractivity contribution in [2.45, 2.75) is 6.42 Å². The molecular weight excluding hydrogens is 442 g/mol. The Labute approximate surface area is 199 Å². The number of fused-ring (bicyclic) bond motifs is 1. The van der Waals surface area contributed by atoms with Gasteiger partial charge in [-0.25, -0.2) is 4.98 Å². The van der Waals surface area contributed by atoms with Crippen molar-refractivity contribution in [2.24, 2.45) is 0 Å². The van der Waals surface area contributed by atoms with Gasteiger partial charge in [-0.2, -0.15) is 0 Å². The minimum absolute atomic E-state index is 0.513. The number of carbonyl (C=O) groups excluding carboxylic acids is 1. The van der Waals surface area contributed by atoms with E-state index in [1.807, 2.05) is 43.0 Å². The van der Waals surface area contributed by atoms with Crippen LogP contribution in [0.25, 0.3) is 16.9 Å². The number of ether oxygens (including phenoxy) is 2. The van der Waals surface area contributed by atoms with Crippen molar-refractivity contribution >= 4 is 29.3 Å². The van der Waals surface area contributed by atoms with Gasteiger partial charge in [-0.3, -0.25) is 4.79 Å². The molecule has 0 unspecified atom stereocenters. The lowest BCUT2D eigenvalue weighted by molar-refractivity contribution is -0.118. The van der Waals surface area contributed by atoms with E-state index in [1.54, 1.807) is 12.0 Å². The largest absolute Gasteiger partial charge is 0.495 e. The van der Waals surface area contributed by atoms with Gasteiger partial charge in [0.2, 0.25) is 6.41 Å². The molecule has 1 aliphatic rings. The molecule has 8 nitrogen and oxygen atoms in total. The fourth-order valence-electron chi connectivity index (χ4n) is 3.96. The third-order valence-electron chi connectivity index (χ3n) is 5.81. The fraction of sp³-hybridized carbons (Fsp3) is 0.417. The van der Waals surface area contributed by atoms with Gasteiger partial charge >= 0.3 is 0 Å². The van der Waals surface area contributed by atoms with Crippen molar-refractivity contribution in [3.05, 3.63) is 41.7 Å². The highest BCUT2D eigenvalue weighted by Crippen LogP contribution is 2.38. The van der Waals surface area contributed by atoms with E-state index in [0.29, 0.717) is 23.1 Å². The molecular formula is C24H30ClN5O3. The number of hydrogen-bond donors (Lipinski definition) is 0. The summed E-state index contributed by atoms with van der Waals surface area (Å²) in [5, 5.41) is 0.513. The molecule has 176 valence electrons. The van der Waals surface area contributed by atoms with Crippen LogP contribution in [0, 0.1) is 0 Å². The molecule has 0 aliphatic carbocycles. The quantitative estimate of drug-likeness (QED) is 0.352. The zero-order chi connectivity index (χ0) is 23.4. The maximum atomic E-state index is 11.0. The highest BCUT2D eigenvalue weighted by atomic mass is 35.5. The van der Waals surface area contributed by atoms with Gasteiger partial charge in [-0.15, -0.1) is 0 Å². The van der Waals surface area contributed by atoms with Crippen LogP contribution in [0.2, 0.25) is 5.02 Å². The van der Waals surface area contributed by atoms with Crippen LogP contribution in [0.15, 0.2) is 36.7 Å². The van der Waals surface area contributed by atoms with Gasteiger partial charge < -0.3 is 28.6 Å². The average Bonchev–Trinajstić information content (AvgIpc) is 3.25. The predicted octanol–water partition coefficient (Wildman–Crippen LogP) is 3.27. The number of hydrogen-bond acceptors (Lipinski definition) is 6. The molecule has 1 saturated heterocycles. The van der Waals surface area contributed by atoms with E-state index < -0.39 is 0 Å². The van der Waals surface area contributed by atoms with Crippen LogP contribution in [-0.4, -0.2) is 86.1 Å². The molecule has 0 saturated carbocycles. The molecule has 0 bridgehead atoms. The monoisotopic (exact) mass is 471 g/mol. The number of halogens is 1.